The van der Waals surface area contributed by atoms with Crippen LogP contribution in [-0.4, -0.2) is 16.4 Å². The van der Waals surface area contributed by atoms with Gasteiger partial charge in [-0.25, -0.2) is 0 Å². The maximum Gasteiger partial charge on any atom is 0.164 e. The van der Waals surface area contributed by atoms with E-state index < -0.39 is 4.87 Å². The Morgan fingerprint density at radius 3 is 2.50 bits per heavy atom. The van der Waals surface area contributed by atoms with Gasteiger partial charge in [-0.3, -0.25) is 9.59 Å². The average Bonchev–Trinajstić information content (AvgIpc) is 2.17. The van der Waals surface area contributed by atoms with E-state index >= 15 is 0 Å². The lowest BCUT2D eigenvalue weighted by atomic mass is 9.99. The summed E-state index contributed by atoms with van der Waals surface area (Å²) < 4.78 is 0. The number of halogens is 1. The van der Waals surface area contributed by atoms with Gasteiger partial charge >= 0.3 is 0 Å². The Kier molecular flexibility index (Phi) is 2.57. The second-order valence-electron chi connectivity index (χ2n) is 3.48. The molecule has 0 aromatic rings. The smallest absolute Gasteiger partial charge is 0.164 e. The van der Waals surface area contributed by atoms with Crippen LogP contribution < -0.4 is 0 Å². The zero-order chi connectivity index (χ0) is 9.35. The summed E-state index contributed by atoms with van der Waals surface area (Å²) >= 11 is 5.80. The van der Waals surface area contributed by atoms with Crippen LogP contribution in [0.15, 0.2) is 0 Å². The number of hydrogen-bond acceptors (Lipinski definition) is 2. The number of ketones is 2. The molecule has 0 N–H and O–H groups in total. The Bertz CT molecular complexity index is 221. The van der Waals surface area contributed by atoms with Gasteiger partial charge in [0.1, 0.15) is 0 Å². The predicted molar refractivity (Wildman–Crippen MR) is 47.3 cm³/mol. The van der Waals surface area contributed by atoms with Gasteiger partial charge < -0.3 is 0 Å². The van der Waals surface area contributed by atoms with E-state index in [1.165, 1.54) is 6.92 Å². The number of Topliss-reactive ketones (excluding diaryl/α,β-unsaturated/α-hetero) is 2. The second-order valence-corrected chi connectivity index (χ2v) is 4.24. The van der Waals surface area contributed by atoms with Crippen LogP contribution in [0.4, 0.5) is 0 Å². The predicted octanol–water partition coefficient (Wildman–Crippen LogP) is 1.94. The highest BCUT2D eigenvalue weighted by atomic mass is 35.5. The van der Waals surface area contributed by atoms with Crippen molar-refractivity contribution in [2.75, 3.05) is 0 Å². The Morgan fingerprint density at radius 2 is 2.17 bits per heavy atom. The summed E-state index contributed by atoms with van der Waals surface area (Å²) in [6.45, 7) is 3.51. The summed E-state index contributed by atoms with van der Waals surface area (Å²) in [7, 11) is 0. The first-order valence-electron chi connectivity index (χ1n) is 4.26. The molecule has 1 rings (SSSR count). The topological polar surface area (TPSA) is 34.1 Å². The van der Waals surface area contributed by atoms with Crippen molar-refractivity contribution in [1.82, 2.24) is 0 Å². The Balaban J connectivity index is 2.76. The highest BCUT2D eigenvalue weighted by Crippen LogP contribution is 2.35. The molecular formula is C9H13ClO2. The van der Waals surface area contributed by atoms with Crippen LogP contribution in [0.25, 0.3) is 0 Å². The molecule has 0 aromatic carbocycles. The first-order valence-corrected chi connectivity index (χ1v) is 4.64. The second kappa shape index (κ2) is 3.17. The molecule has 0 aromatic heterocycles. The van der Waals surface area contributed by atoms with Crippen molar-refractivity contribution >= 4 is 23.2 Å². The zero-order valence-electron chi connectivity index (χ0n) is 7.39. The van der Waals surface area contributed by atoms with Crippen molar-refractivity contribution in [3.63, 3.8) is 0 Å². The number of carbonyl (C=O) groups is 2. The third kappa shape index (κ3) is 1.40. The van der Waals surface area contributed by atoms with Crippen molar-refractivity contribution < 1.29 is 9.59 Å². The van der Waals surface area contributed by atoms with Crippen LogP contribution in [0.1, 0.15) is 33.1 Å². The number of carbonyl (C=O) groups excluding carboxylic acids is 2. The molecule has 2 atom stereocenters. The maximum absolute atomic E-state index is 11.5. The maximum atomic E-state index is 11.5. The van der Waals surface area contributed by atoms with Gasteiger partial charge in [-0.05, 0) is 13.3 Å². The standard InChI is InChI=1S/C9H13ClO2/c1-3-4-6-5-7(11)9(2,10)8(6)12/h6H,3-5H2,1-2H3. The van der Waals surface area contributed by atoms with E-state index in [0.29, 0.717) is 6.42 Å². The molecule has 0 spiro atoms. The lowest BCUT2D eigenvalue weighted by molar-refractivity contribution is -0.125. The average molecular weight is 189 g/mol. The summed E-state index contributed by atoms with van der Waals surface area (Å²) in [4.78, 5) is 21.5. The Hall–Kier alpha value is -0.370. The van der Waals surface area contributed by atoms with Gasteiger partial charge in [0.2, 0.25) is 0 Å². The molecule has 1 aliphatic carbocycles. The molecule has 0 saturated heterocycles. The highest BCUT2D eigenvalue weighted by Gasteiger charge is 2.49. The molecule has 0 aliphatic heterocycles. The summed E-state index contributed by atoms with van der Waals surface area (Å²) in [6, 6.07) is 0. The summed E-state index contributed by atoms with van der Waals surface area (Å²) in [5.41, 5.74) is 0. The van der Waals surface area contributed by atoms with Crippen LogP contribution in [0.5, 0.6) is 0 Å². The summed E-state index contributed by atoms with van der Waals surface area (Å²) in [6.07, 6.45) is 2.05. The molecule has 2 nitrogen and oxygen atoms in total. The first-order chi connectivity index (χ1) is 5.50. The molecule has 0 radical (unpaired) electrons. The third-order valence-electron chi connectivity index (χ3n) is 2.43. The van der Waals surface area contributed by atoms with Crippen molar-refractivity contribution in [3.8, 4) is 0 Å². The minimum Gasteiger partial charge on any atom is -0.297 e. The lowest BCUT2D eigenvalue weighted by Gasteiger charge is -2.10. The molecular weight excluding hydrogens is 176 g/mol. The Morgan fingerprint density at radius 1 is 1.58 bits per heavy atom. The van der Waals surface area contributed by atoms with Gasteiger partial charge in [-0.15, -0.1) is 11.6 Å². The van der Waals surface area contributed by atoms with Crippen LogP contribution in [-0.2, 0) is 9.59 Å². The van der Waals surface area contributed by atoms with Crippen LogP contribution in [0, 0.1) is 5.92 Å². The van der Waals surface area contributed by atoms with E-state index in [9.17, 15) is 9.59 Å². The quantitative estimate of drug-likeness (QED) is 0.490. The van der Waals surface area contributed by atoms with E-state index in [1.807, 2.05) is 6.92 Å². The first kappa shape index (κ1) is 9.72. The normalized spacial score (nSPS) is 36.1. The SMILES string of the molecule is CCCC1CC(=O)C(C)(Cl)C1=O. The zero-order valence-corrected chi connectivity index (χ0v) is 8.15. The van der Waals surface area contributed by atoms with Crippen LogP contribution >= 0.6 is 11.6 Å². The molecule has 68 valence electrons. The van der Waals surface area contributed by atoms with E-state index in [-0.39, 0.29) is 17.5 Å². The fourth-order valence-electron chi connectivity index (χ4n) is 1.61. The molecule has 1 fully saturated rings. The lowest BCUT2D eigenvalue weighted by Crippen LogP contribution is -2.31. The van der Waals surface area contributed by atoms with Gasteiger partial charge in [-0.1, -0.05) is 13.3 Å². The van der Waals surface area contributed by atoms with Crippen molar-refractivity contribution in [2.45, 2.75) is 38.0 Å². The van der Waals surface area contributed by atoms with E-state index in [0.717, 1.165) is 12.8 Å². The van der Waals surface area contributed by atoms with Crippen LogP contribution in [0.2, 0.25) is 0 Å². The van der Waals surface area contributed by atoms with Gasteiger partial charge in [-0.2, -0.15) is 0 Å². The number of hydrogen-bond donors (Lipinski definition) is 0. The van der Waals surface area contributed by atoms with Gasteiger partial charge in [0.25, 0.3) is 0 Å². The van der Waals surface area contributed by atoms with Gasteiger partial charge in [0, 0.05) is 12.3 Å². The molecule has 0 amide bonds. The molecule has 1 aliphatic rings. The van der Waals surface area contributed by atoms with E-state index in [2.05, 4.69) is 0 Å². The van der Waals surface area contributed by atoms with Crippen molar-refractivity contribution in [1.29, 1.82) is 0 Å². The summed E-state index contributed by atoms with van der Waals surface area (Å²) in [5.74, 6) is -0.325. The van der Waals surface area contributed by atoms with Crippen molar-refractivity contribution in [3.05, 3.63) is 0 Å². The molecule has 12 heavy (non-hydrogen) atoms. The molecule has 2 unspecified atom stereocenters. The summed E-state index contributed by atoms with van der Waals surface area (Å²) in [5, 5.41) is 0. The third-order valence-corrected chi connectivity index (χ3v) is 2.82. The molecule has 3 heteroatoms. The minimum atomic E-state index is -1.22. The fourth-order valence-corrected chi connectivity index (χ4v) is 1.84. The van der Waals surface area contributed by atoms with E-state index in [4.69, 9.17) is 11.6 Å². The number of alkyl halides is 1. The highest BCUT2D eigenvalue weighted by molar-refractivity contribution is 6.48. The molecule has 0 heterocycles. The largest absolute Gasteiger partial charge is 0.297 e. The molecule has 0 bridgehead atoms. The van der Waals surface area contributed by atoms with Crippen molar-refractivity contribution in [2.24, 2.45) is 5.92 Å². The van der Waals surface area contributed by atoms with E-state index in [1.54, 1.807) is 0 Å². The molecule has 1 saturated carbocycles. The van der Waals surface area contributed by atoms with Crippen LogP contribution in [0.3, 0.4) is 0 Å². The fraction of sp³-hybridized carbons (Fsp3) is 0.778. The van der Waals surface area contributed by atoms with Gasteiger partial charge in [0.15, 0.2) is 16.4 Å². The Labute approximate surface area is 77.3 Å². The van der Waals surface area contributed by atoms with Gasteiger partial charge in [0.05, 0.1) is 0 Å². The monoisotopic (exact) mass is 188 g/mol. The minimum absolute atomic E-state index is 0.0870. The number of rotatable bonds is 2.